The van der Waals surface area contributed by atoms with Crippen molar-refractivity contribution in [1.82, 2.24) is 4.90 Å². The molecule has 3 aliphatic rings. The van der Waals surface area contributed by atoms with Gasteiger partial charge < -0.3 is 15.1 Å². The number of amides is 3. The van der Waals surface area contributed by atoms with Gasteiger partial charge >= 0.3 is 0 Å². The van der Waals surface area contributed by atoms with Crippen molar-refractivity contribution in [3.63, 3.8) is 0 Å². The van der Waals surface area contributed by atoms with Crippen LogP contribution in [0.15, 0.2) is 18.2 Å². The SMILES string of the molecule is O=C(Nc1ccc(N2CCCC2=O)c(F)c1)C1CC(=O)N(C2CCCCCC2)C1. The Morgan fingerprint density at radius 3 is 2.45 bits per heavy atom. The smallest absolute Gasteiger partial charge is 0.229 e. The molecule has 1 aliphatic carbocycles. The minimum Gasteiger partial charge on any atom is -0.339 e. The number of likely N-dealkylation sites (tertiary alicyclic amines) is 1. The largest absolute Gasteiger partial charge is 0.339 e. The third kappa shape index (κ3) is 4.28. The third-order valence-corrected chi connectivity index (χ3v) is 6.37. The maximum Gasteiger partial charge on any atom is 0.229 e. The topological polar surface area (TPSA) is 69.7 Å². The summed E-state index contributed by atoms with van der Waals surface area (Å²) in [6.07, 6.45) is 8.11. The highest BCUT2D eigenvalue weighted by atomic mass is 19.1. The second-order valence-electron chi connectivity index (χ2n) is 8.40. The lowest BCUT2D eigenvalue weighted by atomic mass is 10.1. The van der Waals surface area contributed by atoms with Crippen LogP contribution in [0.4, 0.5) is 15.8 Å². The summed E-state index contributed by atoms with van der Waals surface area (Å²) in [6, 6.07) is 4.64. The molecule has 3 amide bonds. The molecule has 7 heteroatoms. The molecule has 0 bridgehead atoms. The zero-order chi connectivity index (χ0) is 20.4. The number of carbonyl (C=O) groups excluding carboxylic acids is 3. The zero-order valence-electron chi connectivity index (χ0n) is 16.7. The average Bonchev–Trinajstić information content (AvgIpc) is 3.18. The Hall–Kier alpha value is -2.44. The summed E-state index contributed by atoms with van der Waals surface area (Å²) in [4.78, 5) is 40.3. The van der Waals surface area contributed by atoms with Crippen LogP contribution >= 0.6 is 0 Å². The van der Waals surface area contributed by atoms with E-state index in [-0.39, 0.29) is 35.9 Å². The summed E-state index contributed by atoms with van der Waals surface area (Å²) in [5.74, 6) is -1.22. The van der Waals surface area contributed by atoms with Gasteiger partial charge in [-0.15, -0.1) is 0 Å². The molecule has 1 aromatic carbocycles. The van der Waals surface area contributed by atoms with Gasteiger partial charge in [0.25, 0.3) is 0 Å². The number of nitrogens with zero attached hydrogens (tertiary/aromatic N) is 2. The van der Waals surface area contributed by atoms with E-state index >= 15 is 0 Å². The van der Waals surface area contributed by atoms with Gasteiger partial charge in [0.15, 0.2) is 0 Å². The van der Waals surface area contributed by atoms with Crippen LogP contribution in [0, 0.1) is 11.7 Å². The number of hydrogen-bond acceptors (Lipinski definition) is 3. The second kappa shape index (κ2) is 8.51. The third-order valence-electron chi connectivity index (χ3n) is 6.37. The van der Waals surface area contributed by atoms with Crippen molar-refractivity contribution in [3.05, 3.63) is 24.0 Å². The first-order valence-electron chi connectivity index (χ1n) is 10.7. The van der Waals surface area contributed by atoms with Crippen molar-refractivity contribution in [2.24, 2.45) is 5.92 Å². The number of anilines is 2. The Bertz CT molecular complexity index is 804. The number of rotatable bonds is 4. The quantitative estimate of drug-likeness (QED) is 0.786. The number of halogens is 1. The number of benzene rings is 1. The summed E-state index contributed by atoms with van der Waals surface area (Å²) in [6.45, 7) is 0.959. The van der Waals surface area contributed by atoms with E-state index in [2.05, 4.69) is 5.32 Å². The van der Waals surface area contributed by atoms with Gasteiger partial charge in [-0.1, -0.05) is 25.7 Å². The fourth-order valence-corrected chi connectivity index (χ4v) is 4.78. The van der Waals surface area contributed by atoms with Gasteiger partial charge in [0, 0.05) is 37.7 Å². The molecule has 6 nitrogen and oxygen atoms in total. The van der Waals surface area contributed by atoms with Gasteiger partial charge in [-0.2, -0.15) is 0 Å². The van der Waals surface area contributed by atoms with Gasteiger partial charge in [-0.05, 0) is 37.5 Å². The molecule has 1 unspecified atom stereocenters. The minimum absolute atomic E-state index is 0.0473. The molecule has 0 aromatic heterocycles. The Balaban J connectivity index is 1.38. The van der Waals surface area contributed by atoms with E-state index in [0.29, 0.717) is 25.2 Å². The van der Waals surface area contributed by atoms with E-state index in [1.165, 1.54) is 29.9 Å². The molecule has 1 aromatic rings. The number of nitrogens with one attached hydrogen (secondary N) is 1. The lowest BCUT2D eigenvalue weighted by molar-refractivity contribution is -0.130. The molecule has 1 saturated carbocycles. The van der Waals surface area contributed by atoms with Crippen LogP contribution < -0.4 is 10.2 Å². The van der Waals surface area contributed by atoms with Crippen molar-refractivity contribution in [3.8, 4) is 0 Å². The molecule has 1 N–H and O–H groups in total. The molecule has 0 spiro atoms. The molecule has 156 valence electrons. The molecule has 29 heavy (non-hydrogen) atoms. The Kier molecular flexibility index (Phi) is 5.83. The van der Waals surface area contributed by atoms with Crippen molar-refractivity contribution < 1.29 is 18.8 Å². The molecule has 3 fully saturated rings. The lowest BCUT2D eigenvalue weighted by Gasteiger charge is -2.27. The Morgan fingerprint density at radius 1 is 1.03 bits per heavy atom. The van der Waals surface area contributed by atoms with Gasteiger partial charge in [0.05, 0.1) is 11.6 Å². The van der Waals surface area contributed by atoms with Gasteiger partial charge in [-0.3, -0.25) is 14.4 Å². The standard InChI is InChI=1S/C22H28FN3O3/c23-18-13-16(9-10-19(18)25-11-5-8-20(25)27)24-22(29)15-12-21(28)26(14-15)17-6-3-1-2-4-7-17/h9-10,13,15,17H,1-8,11-12,14H2,(H,24,29). The minimum atomic E-state index is -0.527. The van der Waals surface area contributed by atoms with E-state index in [4.69, 9.17) is 0 Å². The molecule has 2 saturated heterocycles. The monoisotopic (exact) mass is 401 g/mol. The second-order valence-corrected chi connectivity index (χ2v) is 8.40. The highest BCUT2D eigenvalue weighted by Gasteiger charge is 2.38. The molecule has 0 radical (unpaired) electrons. The van der Waals surface area contributed by atoms with Gasteiger partial charge in [-0.25, -0.2) is 4.39 Å². The van der Waals surface area contributed by atoms with Crippen molar-refractivity contribution >= 4 is 29.1 Å². The molecule has 4 rings (SSSR count). The van der Waals surface area contributed by atoms with Crippen molar-refractivity contribution in [2.45, 2.75) is 63.8 Å². The van der Waals surface area contributed by atoms with Crippen LogP contribution in [0.1, 0.15) is 57.8 Å². The first-order valence-corrected chi connectivity index (χ1v) is 10.7. The molecular formula is C22H28FN3O3. The van der Waals surface area contributed by atoms with Crippen LogP contribution in [0.5, 0.6) is 0 Å². The molecule has 2 heterocycles. The zero-order valence-corrected chi connectivity index (χ0v) is 16.7. The predicted octanol–water partition coefficient (Wildman–Crippen LogP) is 3.46. The Morgan fingerprint density at radius 2 is 1.79 bits per heavy atom. The van der Waals surface area contributed by atoms with Crippen LogP contribution in [-0.4, -0.2) is 41.8 Å². The maximum atomic E-state index is 14.5. The summed E-state index contributed by atoms with van der Waals surface area (Å²) >= 11 is 0. The van der Waals surface area contributed by atoms with E-state index in [9.17, 15) is 18.8 Å². The van der Waals surface area contributed by atoms with E-state index in [1.807, 2.05) is 4.90 Å². The summed E-state index contributed by atoms with van der Waals surface area (Å²) in [7, 11) is 0. The molecule has 1 atom stereocenters. The van der Waals surface area contributed by atoms with E-state index < -0.39 is 11.7 Å². The number of hydrogen-bond donors (Lipinski definition) is 1. The highest BCUT2D eigenvalue weighted by Crippen LogP contribution is 2.30. The van der Waals surface area contributed by atoms with Gasteiger partial charge in [0.2, 0.25) is 17.7 Å². The molecular weight excluding hydrogens is 373 g/mol. The normalized spacial score (nSPS) is 23.6. The van der Waals surface area contributed by atoms with Crippen molar-refractivity contribution in [1.29, 1.82) is 0 Å². The van der Waals surface area contributed by atoms with E-state index in [1.54, 1.807) is 6.07 Å². The summed E-state index contributed by atoms with van der Waals surface area (Å²) in [5.41, 5.74) is 0.601. The van der Waals surface area contributed by atoms with Gasteiger partial charge in [0.1, 0.15) is 5.82 Å². The first kappa shape index (κ1) is 19.9. The van der Waals surface area contributed by atoms with Crippen LogP contribution in [0.2, 0.25) is 0 Å². The average molecular weight is 401 g/mol. The lowest BCUT2D eigenvalue weighted by Crippen LogP contribution is -2.37. The number of carbonyl (C=O) groups is 3. The fourth-order valence-electron chi connectivity index (χ4n) is 4.78. The predicted molar refractivity (Wildman–Crippen MR) is 108 cm³/mol. The van der Waals surface area contributed by atoms with E-state index in [0.717, 1.165) is 32.1 Å². The van der Waals surface area contributed by atoms with Crippen LogP contribution in [0.25, 0.3) is 0 Å². The van der Waals surface area contributed by atoms with Crippen LogP contribution in [-0.2, 0) is 14.4 Å². The fraction of sp³-hybridized carbons (Fsp3) is 0.591. The first-order chi connectivity index (χ1) is 14.0. The van der Waals surface area contributed by atoms with Crippen LogP contribution in [0.3, 0.4) is 0 Å². The maximum absolute atomic E-state index is 14.5. The summed E-state index contributed by atoms with van der Waals surface area (Å²) < 4.78 is 14.5. The summed E-state index contributed by atoms with van der Waals surface area (Å²) in [5, 5.41) is 2.75. The molecule has 2 aliphatic heterocycles. The highest BCUT2D eigenvalue weighted by molar-refractivity contribution is 5.98. The Labute approximate surface area is 170 Å². The van der Waals surface area contributed by atoms with Crippen molar-refractivity contribution in [2.75, 3.05) is 23.3 Å².